The lowest BCUT2D eigenvalue weighted by atomic mass is 9.85. The average Bonchev–Trinajstić information content (AvgIpc) is 3.30. The molecule has 1 atom stereocenters. The topological polar surface area (TPSA) is 84.1 Å². The molecule has 0 radical (unpaired) electrons. The number of carbonyl (C=O) groups excluding carboxylic acids is 2. The van der Waals surface area contributed by atoms with Crippen LogP contribution in [0, 0.1) is 5.92 Å². The van der Waals surface area contributed by atoms with E-state index in [0.717, 1.165) is 55.4 Å². The van der Waals surface area contributed by atoms with Gasteiger partial charge in [0.1, 0.15) is 11.4 Å². The third-order valence-corrected chi connectivity index (χ3v) is 5.71. The number of halogens is 1. The molecule has 1 aromatic heterocycles. The zero-order valence-corrected chi connectivity index (χ0v) is 15.3. The van der Waals surface area contributed by atoms with E-state index in [2.05, 4.69) is 15.3 Å². The molecule has 1 aliphatic heterocycles. The van der Waals surface area contributed by atoms with Crippen molar-refractivity contribution in [2.24, 2.45) is 5.92 Å². The Morgan fingerprint density at radius 2 is 2.19 bits per heavy atom. The number of amides is 1. The molecular formula is C19H22ClN3O3. The Bertz CT molecular complexity index is 842. The predicted molar refractivity (Wildman–Crippen MR) is 97.8 cm³/mol. The highest BCUT2D eigenvalue weighted by Crippen LogP contribution is 2.45. The molecule has 2 N–H and O–H groups in total. The van der Waals surface area contributed by atoms with E-state index in [1.54, 1.807) is 0 Å². The second-order valence-corrected chi connectivity index (χ2v) is 7.68. The average molecular weight is 376 g/mol. The Balaban J connectivity index is 1.30. The number of nitrogens with zero attached hydrogens (tertiary/aromatic N) is 1. The first kappa shape index (κ1) is 17.3. The van der Waals surface area contributed by atoms with Crippen molar-refractivity contribution in [3.05, 3.63) is 29.0 Å². The largest absolute Gasteiger partial charge is 0.458 e. The number of rotatable bonds is 5. The van der Waals surface area contributed by atoms with Gasteiger partial charge in [0.25, 0.3) is 0 Å². The molecule has 7 heteroatoms. The summed E-state index contributed by atoms with van der Waals surface area (Å²) in [4.78, 5) is 32.1. The van der Waals surface area contributed by atoms with Gasteiger partial charge in [-0.15, -0.1) is 0 Å². The van der Waals surface area contributed by atoms with Gasteiger partial charge in [-0.05, 0) is 50.3 Å². The van der Waals surface area contributed by atoms with E-state index in [9.17, 15) is 9.59 Å². The summed E-state index contributed by atoms with van der Waals surface area (Å²) in [6, 6.07) is 5.56. The number of fused-ring (bicyclic) bond motifs is 1. The smallest absolute Gasteiger partial charge is 0.307 e. The summed E-state index contributed by atoms with van der Waals surface area (Å²) in [6.45, 7) is 0.553. The molecule has 1 saturated heterocycles. The molecule has 1 unspecified atom stereocenters. The fourth-order valence-corrected chi connectivity index (χ4v) is 4.36. The molecule has 1 saturated carbocycles. The van der Waals surface area contributed by atoms with Crippen LogP contribution in [0.3, 0.4) is 0 Å². The van der Waals surface area contributed by atoms with Crippen molar-refractivity contribution in [3.8, 4) is 0 Å². The summed E-state index contributed by atoms with van der Waals surface area (Å²) >= 11 is 5.98. The van der Waals surface area contributed by atoms with Crippen LogP contribution < -0.4 is 5.32 Å². The zero-order chi connectivity index (χ0) is 18.1. The number of hydrogen-bond donors (Lipinski definition) is 2. The van der Waals surface area contributed by atoms with E-state index < -0.39 is 5.60 Å². The van der Waals surface area contributed by atoms with E-state index in [0.29, 0.717) is 11.6 Å². The van der Waals surface area contributed by atoms with Crippen molar-refractivity contribution >= 4 is 34.5 Å². The van der Waals surface area contributed by atoms with Gasteiger partial charge in [0, 0.05) is 18.0 Å². The van der Waals surface area contributed by atoms with Crippen LogP contribution in [-0.4, -0.2) is 34.0 Å². The maximum atomic E-state index is 12.6. The molecule has 1 aliphatic carbocycles. The van der Waals surface area contributed by atoms with Crippen molar-refractivity contribution in [3.63, 3.8) is 0 Å². The van der Waals surface area contributed by atoms with Gasteiger partial charge >= 0.3 is 5.97 Å². The van der Waals surface area contributed by atoms with Gasteiger partial charge < -0.3 is 15.0 Å². The molecule has 1 aromatic carbocycles. The Hall–Kier alpha value is -2.08. The van der Waals surface area contributed by atoms with Gasteiger partial charge in [0.05, 0.1) is 23.4 Å². The second-order valence-electron chi connectivity index (χ2n) is 7.24. The summed E-state index contributed by atoms with van der Waals surface area (Å²) in [5.74, 6) is 0.233. The van der Waals surface area contributed by atoms with Gasteiger partial charge in [-0.3, -0.25) is 9.59 Å². The van der Waals surface area contributed by atoms with Gasteiger partial charge in [-0.2, -0.15) is 0 Å². The fraction of sp³-hybridized carbons (Fsp3) is 0.526. The first-order valence-corrected chi connectivity index (χ1v) is 9.57. The molecule has 4 rings (SSSR count). The molecule has 2 aromatic rings. The molecule has 26 heavy (non-hydrogen) atoms. The highest BCUT2D eigenvalue weighted by molar-refractivity contribution is 6.31. The highest BCUT2D eigenvalue weighted by Gasteiger charge is 2.53. The van der Waals surface area contributed by atoms with Crippen LogP contribution in [-0.2, 0) is 20.7 Å². The maximum absolute atomic E-state index is 12.6. The molecule has 1 spiro atoms. The number of nitrogens with one attached hydrogen (secondary N) is 2. The third kappa shape index (κ3) is 3.30. The van der Waals surface area contributed by atoms with Crippen molar-refractivity contribution in [2.45, 2.75) is 50.5 Å². The summed E-state index contributed by atoms with van der Waals surface area (Å²) in [6.07, 6.45) is 5.36. The van der Waals surface area contributed by atoms with Crippen LogP contribution >= 0.6 is 11.6 Å². The Morgan fingerprint density at radius 3 is 3.00 bits per heavy atom. The molecule has 2 aliphatic rings. The third-order valence-electron chi connectivity index (χ3n) is 5.47. The SMILES string of the molecule is O=C1CC(C(=O)NCCCc2nc3ccc(Cl)cc3[nH]2)C2(CCCC2)O1. The fourth-order valence-electron chi connectivity index (χ4n) is 4.19. The first-order valence-electron chi connectivity index (χ1n) is 9.19. The number of aryl methyl sites for hydroxylation is 1. The molecule has 2 fully saturated rings. The monoisotopic (exact) mass is 375 g/mol. The summed E-state index contributed by atoms with van der Waals surface area (Å²) in [7, 11) is 0. The predicted octanol–water partition coefficient (Wildman–Crippen LogP) is 3.14. The van der Waals surface area contributed by atoms with E-state index in [4.69, 9.17) is 16.3 Å². The number of aromatic amines is 1. The standard InChI is InChI=1S/C19H22ClN3O3/c20-12-5-6-14-15(10-12)23-16(22-14)4-3-9-21-18(25)13-11-17(24)26-19(13)7-1-2-8-19/h5-6,10,13H,1-4,7-9,11H2,(H,21,25)(H,22,23). The van der Waals surface area contributed by atoms with Crippen molar-refractivity contribution in [2.75, 3.05) is 6.54 Å². The van der Waals surface area contributed by atoms with Crippen molar-refractivity contribution in [1.82, 2.24) is 15.3 Å². The lowest BCUT2D eigenvalue weighted by molar-refractivity contribution is -0.149. The molecule has 0 bridgehead atoms. The summed E-state index contributed by atoms with van der Waals surface area (Å²) in [5, 5.41) is 3.65. The van der Waals surface area contributed by atoms with Crippen molar-refractivity contribution in [1.29, 1.82) is 0 Å². The van der Waals surface area contributed by atoms with Crippen LogP contribution in [0.4, 0.5) is 0 Å². The number of benzene rings is 1. The minimum atomic E-state index is -0.542. The number of ether oxygens (including phenoxy) is 1. The maximum Gasteiger partial charge on any atom is 0.307 e. The van der Waals surface area contributed by atoms with E-state index in [-0.39, 0.29) is 24.2 Å². The number of H-pyrrole nitrogens is 1. The number of hydrogen-bond acceptors (Lipinski definition) is 4. The first-order chi connectivity index (χ1) is 12.6. The molecule has 2 heterocycles. The van der Waals surface area contributed by atoms with Crippen LogP contribution in [0.1, 0.15) is 44.3 Å². The highest BCUT2D eigenvalue weighted by atomic mass is 35.5. The van der Waals surface area contributed by atoms with E-state index in [1.807, 2.05) is 18.2 Å². The Labute approximate surface area is 156 Å². The zero-order valence-electron chi connectivity index (χ0n) is 14.5. The lowest BCUT2D eigenvalue weighted by Crippen LogP contribution is -2.43. The van der Waals surface area contributed by atoms with Gasteiger partial charge in [-0.25, -0.2) is 4.98 Å². The number of imidazole rings is 1. The summed E-state index contributed by atoms with van der Waals surface area (Å²) < 4.78 is 5.54. The van der Waals surface area contributed by atoms with Crippen LogP contribution in [0.5, 0.6) is 0 Å². The number of aromatic nitrogens is 2. The molecule has 1 amide bonds. The molecule has 138 valence electrons. The van der Waals surface area contributed by atoms with Crippen LogP contribution in [0.25, 0.3) is 11.0 Å². The normalized spacial score (nSPS) is 21.4. The Kier molecular flexibility index (Phi) is 4.61. The van der Waals surface area contributed by atoms with Gasteiger partial charge in [0.2, 0.25) is 5.91 Å². The second kappa shape index (κ2) is 6.91. The minimum absolute atomic E-state index is 0.0610. The van der Waals surface area contributed by atoms with E-state index >= 15 is 0 Å². The van der Waals surface area contributed by atoms with Gasteiger partial charge in [0.15, 0.2) is 0 Å². The van der Waals surface area contributed by atoms with Crippen LogP contribution in [0.2, 0.25) is 5.02 Å². The van der Waals surface area contributed by atoms with E-state index in [1.165, 1.54) is 0 Å². The van der Waals surface area contributed by atoms with Crippen LogP contribution in [0.15, 0.2) is 18.2 Å². The quantitative estimate of drug-likeness (QED) is 0.621. The minimum Gasteiger partial charge on any atom is -0.458 e. The van der Waals surface area contributed by atoms with Crippen molar-refractivity contribution < 1.29 is 14.3 Å². The lowest BCUT2D eigenvalue weighted by Gasteiger charge is -2.27. The van der Waals surface area contributed by atoms with Gasteiger partial charge in [-0.1, -0.05) is 11.6 Å². The summed E-state index contributed by atoms with van der Waals surface area (Å²) in [5.41, 5.74) is 1.26. The molecule has 6 nitrogen and oxygen atoms in total. The Morgan fingerprint density at radius 1 is 1.38 bits per heavy atom. The number of esters is 1. The molecular weight excluding hydrogens is 354 g/mol. The number of carbonyl (C=O) groups is 2.